The maximum atomic E-state index is 3.71. The summed E-state index contributed by atoms with van der Waals surface area (Å²) >= 11 is 0. The zero-order valence-electron chi connectivity index (χ0n) is 15.4. The zero-order valence-corrected chi connectivity index (χ0v) is 16.1. The van der Waals surface area contributed by atoms with Crippen molar-refractivity contribution in [2.45, 2.75) is 90.6 Å². The first-order valence-electron chi connectivity index (χ1n) is 9.06. The standard InChI is InChI=1S/C18H41N2.ClH/c1-6-8-9-10-11-12-13-14-15-16-17-19-18(7-2)20(3,4)5;/h18-19H,6-17H2,1-5H3;1H/q+1;/p-1. The molecule has 0 aliphatic heterocycles. The van der Waals surface area contributed by atoms with E-state index >= 15 is 0 Å². The first kappa shape index (κ1) is 23.5. The van der Waals surface area contributed by atoms with Gasteiger partial charge in [-0.1, -0.05) is 71.6 Å². The molecule has 0 radical (unpaired) electrons. The van der Waals surface area contributed by atoms with E-state index < -0.39 is 0 Å². The molecule has 0 aromatic heterocycles. The lowest BCUT2D eigenvalue weighted by Crippen LogP contribution is -3.00. The van der Waals surface area contributed by atoms with Crippen molar-refractivity contribution in [2.75, 3.05) is 27.7 Å². The molecule has 0 aromatic rings. The van der Waals surface area contributed by atoms with Crippen LogP contribution in [0, 0.1) is 0 Å². The van der Waals surface area contributed by atoms with Gasteiger partial charge in [-0.05, 0) is 6.42 Å². The van der Waals surface area contributed by atoms with E-state index in [2.05, 4.69) is 40.3 Å². The largest absolute Gasteiger partial charge is 1.00 e. The summed E-state index contributed by atoms with van der Waals surface area (Å²) in [6, 6.07) is 0. The lowest BCUT2D eigenvalue weighted by Gasteiger charge is -2.34. The number of hydrogen-bond acceptors (Lipinski definition) is 1. The fourth-order valence-corrected chi connectivity index (χ4v) is 2.85. The van der Waals surface area contributed by atoms with Crippen LogP contribution in [0.25, 0.3) is 0 Å². The van der Waals surface area contributed by atoms with Gasteiger partial charge < -0.3 is 16.9 Å². The topological polar surface area (TPSA) is 12.0 Å². The summed E-state index contributed by atoms with van der Waals surface area (Å²) in [6.45, 7) is 5.75. The Kier molecular flexibility index (Phi) is 16.9. The van der Waals surface area contributed by atoms with E-state index in [1.54, 1.807) is 0 Å². The highest BCUT2D eigenvalue weighted by molar-refractivity contribution is 4.54. The van der Waals surface area contributed by atoms with Gasteiger partial charge in [0.2, 0.25) is 0 Å². The molecule has 0 aliphatic carbocycles. The summed E-state index contributed by atoms with van der Waals surface area (Å²) < 4.78 is 1.02. The molecule has 0 saturated heterocycles. The van der Waals surface area contributed by atoms with Crippen molar-refractivity contribution < 1.29 is 16.9 Å². The number of unbranched alkanes of at least 4 members (excludes halogenated alkanes) is 9. The molecule has 1 atom stereocenters. The van der Waals surface area contributed by atoms with Gasteiger partial charge in [-0.25, -0.2) is 0 Å². The number of quaternary nitrogens is 1. The van der Waals surface area contributed by atoms with Crippen LogP contribution in [0.5, 0.6) is 0 Å². The average molecular weight is 321 g/mol. The van der Waals surface area contributed by atoms with Crippen LogP contribution in [0.3, 0.4) is 0 Å². The Bertz CT molecular complexity index is 202. The number of hydrogen-bond donors (Lipinski definition) is 1. The molecule has 0 aromatic carbocycles. The average Bonchev–Trinajstić information content (AvgIpc) is 2.38. The number of nitrogens with one attached hydrogen (secondary N) is 1. The Hall–Kier alpha value is 0.210. The van der Waals surface area contributed by atoms with Gasteiger partial charge in [0.05, 0.1) is 21.1 Å². The number of rotatable bonds is 14. The van der Waals surface area contributed by atoms with Crippen LogP contribution in [0.2, 0.25) is 0 Å². The van der Waals surface area contributed by atoms with Crippen molar-refractivity contribution in [3.8, 4) is 0 Å². The molecule has 3 heteroatoms. The number of nitrogens with zero attached hydrogens (tertiary/aromatic N) is 1. The molecule has 1 N–H and O–H groups in total. The van der Waals surface area contributed by atoms with Crippen molar-refractivity contribution in [1.82, 2.24) is 5.32 Å². The van der Waals surface area contributed by atoms with Crippen molar-refractivity contribution >= 4 is 0 Å². The van der Waals surface area contributed by atoms with Crippen molar-refractivity contribution in [3.63, 3.8) is 0 Å². The van der Waals surface area contributed by atoms with Crippen molar-refractivity contribution in [1.29, 1.82) is 0 Å². The highest BCUT2D eigenvalue weighted by Gasteiger charge is 2.19. The Labute approximate surface area is 141 Å². The first-order valence-corrected chi connectivity index (χ1v) is 9.06. The smallest absolute Gasteiger partial charge is 0.141 e. The van der Waals surface area contributed by atoms with E-state index in [-0.39, 0.29) is 12.4 Å². The van der Waals surface area contributed by atoms with Crippen molar-refractivity contribution in [2.24, 2.45) is 0 Å². The van der Waals surface area contributed by atoms with Gasteiger partial charge in [0.1, 0.15) is 6.17 Å². The highest BCUT2D eigenvalue weighted by Crippen LogP contribution is 2.10. The fraction of sp³-hybridized carbons (Fsp3) is 1.00. The van der Waals surface area contributed by atoms with Crippen molar-refractivity contribution in [3.05, 3.63) is 0 Å². The second-order valence-corrected chi connectivity index (χ2v) is 7.18. The molecule has 21 heavy (non-hydrogen) atoms. The molecule has 2 nitrogen and oxygen atoms in total. The van der Waals surface area contributed by atoms with E-state index in [0.717, 1.165) is 4.48 Å². The van der Waals surface area contributed by atoms with E-state index in [9.17, 15) is 0 Å². The Morgan fingerprint density at radius 2 is 1.14 bits per heavy atom. The van der Waals surface area contributed by atoms with Gasteiger partial charge in [-0.15, -0.1) is 0 Å². The first-order chi connectivity index (χ1) is 9.52. The number of halogens is 1. The predicted octanol–water partition coefficient (Wildman–Crippen LogP) is 1.94. The molecule has 0 rings (SSSR count). The van der Waals surface area contributed by atoms with Crippen LogP contribution in [-0.2, 0) is 0 Å². The summed E-state index contributed by atoms with van der Waals surface area (Å²) in [5, 5.41) is 3.71. The van der Waals surface area contributed by atoms with Gasteiger partial charge >= 0.3 is 0 Å². The molecule has 0 fully saturated rings. The molecule has 0 heterocycles. The van der Waals surface area contributed by atoms with Crippen LogP contribution in [0.1, 0.15) is 84.5 Å². The van der Waals surface area contributed by atoms with Gasteiger partial charge in [0, 0.05) is 13.0 Å². The van der Waals surface area contributed by atoms with E-state index in [0.29, 0.717) is 6.17 Å². The van der Waals surface area contributed by atoms with Gasteiger partial charge in [0.15, 0.2) is 0 Å². The van der Waals surface area contributed by atoms with Gasteiger partial charge in [0.25, 0.3) is 0 Å². The SMILES string of the molecule is CCCCCCCCCCCCNC(CC)[N+](C)(C)C.[Cl-]. The minimum Gasteiger partial charge on any atom is -1.00 e. The maximum absolute atomic E-state index is 3.71. The molecule has 0 saturated carbocycles. The predicted molar refractivity (Wildman–Crippen MR) is 92.0 cm³/mol. The summed E-state index contributed by atoms with van der Waals surface area (Å²) in [5.41, 5.74) is 0. The third-order valence-corrected chi connectivity index (χ3v) is 4.23. The normalized spacial score (nSPS) is 13.0. The Balaban J connectivity index is 0. The Morgan fingerprint density at radius 3 is 1.52 bits per heavy atom. The Morgan fingerprint density at radius 1 is 0.714 bits per heavy atom. The van der Waals surface area contributed by atoms with Crippen LogP contribution >= 0.6 is 0 Å². The monoisotopic (exact) mass is 320 g/mol. The quantitative estimate of drug-likeness (QED) is 0.293. The summed E-state index contributed by atoms with van der Waals surface area (Å²) in [5.74, 6) is 0. The molecular formula is C18H41ClN2. The third kappa shape index (κ3) is 14.9. The lowest BCUT2D eigenvalue weighted by molar-refractivity contribution is -0.899. The van der Waals surface area contributed by atoms with Crippen LogP contribution in [0.4, 0.5) is 0 Å². The van der Waals surface area contributed by atoms with E-state index in [4.69, 9.17) is 0 Å². The molecule has 0 amide bonds. The molecular weight excluding hydrogens is 280 g/mol. The second-order valence-electron chi connectivity index (χ2n) is 7.18. The maximum Gasteiger partial charge on any atom is 0.141 e. The minimum atomic E-state index is 0. The lowest BCUT2D eigenvalue weighted by atomic mass is 10.1. The molecule has 1 unspecified atom stereocenters. The third-order valence-electron chi connectivity index (χ3n) is 4.23. The second kappa shape index (κ2) is 15.1. The van der Waals surface area contributed by atoms with Crippen LogP contribution < -0.4 is 17.7 Å². The molecule has 0 bridgehead atoms. The van der Waals surface area contributed by atoms with E-state index in [1.165, 1.54) is 77.2 Å². The zero-order chi connectivity index (χ0) is 15.3. The highest BCUT2D eigenvalue weighted by atomic mass is 35.5. The van der Waals surface area contributed by atoms with E-state index in [1.807, 2.05) is 0 Å². The minimum absolute atomic E-state index is 0. The molecule has 0 aliphatic rings. The van der Waals surface area contributed by atoms with Gasteiger partial charge in [-0.2, -0.15) is 0 Å². The molecule has 0 spiro atoms. The summed E-state index contributed by atoms with van der Waals surface area (Å²) in [6.07, 6.45) is 16.0. The fourth-order valence-electron chi connectivity index (χ4n) is 2.85. The summed E-state index contributed by atoms with van der Waals surface area (Å²) in [4.78, 5) is 0. The van der Waals surface area contributed by atoms with Gasteiger partial charge in [-0.3, -0.25) is 5.32 Å². The van der Waals surface area contributed by atoms with Crippen LogP contribution in [-0.4, -0.2) is 38.3 Å². The summed E-state index contributed by atoms with van der Waals surface area (Å²) in [7, 11) is 6.83. The van der Waals surface area contributed by atoms with Crippen LogP contribution in [0.15, 0.2) is 0 Å². The molecule has 130 valence electrons.